The minimum atomic E-state index is -3.93. The van der Waals surface area contributed by atoms with E-state index in [0.717, 1.165) is 35.6 Å². The van der Waals surface area contributed by atoms with Crippen LogP contribution in [0.2, 0.25) is 10.0 Å². The van der Waals surface area contributed by atoms with E-state index in [0.29, 0.717) is 40.3 Å². The fraction of sp³-hybridized carbons (Fsp3) is 0.394. The quantitative estimate of drug-likeness (QED) is 0.268. The summed E-state index contributed by atoms with van der Waals surface area (Å²) < 4.78 is 39.3. The molecule has 9 nitrogen and oxygen atoms in total. The second-order valence-corrected chi connectivity index (χ2v) is 14.2. The van der Waals surface area contributed by atoms with Crippen molar-refractivity contribution in [2.24, 2.45) is 0 Å². The Morgan fingerprint density at radius 1 is 0.911 bits per heavy atom. The monoisotopic (exact) mass is 673 g/mol. The van der Waals surface area contributed by atoms with E-state index in [2.05, 4.69) is 5.32 Å². The predicted octanol–water partition coefficient (Wildman–Crippen LogP) is 5.62. The number of halogens is 2. The molecule has 1 N–H and O–H groups in total. The zero-order chi connectivity index (χ0) is 32.0. The predicted molar refractivity (Wildman–Crippen MR) is 176 cm³/mol. The van der Waals surface area contributed by atoms with Gasteiger partial charge in [0, 0.05) is 25.1 Å². The number of amides is 2. The minimum absolute atomic E-state index is 0.00641. The molecule has 0 aromatic heterocycles. The van der Waals surface area contributed by atoms with Crippen molar-refractivity contribution in [3.8, 4) is 11.5 Å². The van der Waals surface area contributed by atoms with Gasteiger partial charge >= 0.3 is 0 Å². The van der Waals surface area contributed by atoms with Crippen molar-refractivity contribution in [2.45, 2.75) is 57.7 Å². The lowest BCUT2D eigenvalue weighted by atomic mass is 10.0. The Hall–Kier alpha value is -3.47. The SMILES string of the molecule is CCS(=O)(=O)N(CC(=O)N(Cc1ccc(Cl)c(Cl)c1)[C@H](Cc1ccccc1)C(=O)NC1CCCC1)c1ccc2c(c1)OCCO2. The second-order valence-electron chi connectivity index (χ2n) is 11.2. The van der Waals surface area contributed by atoms with E-state index < -0.39 is 28.5 Å². The summed E-state index contributed by atoms with van der Waals surface area (Å²) in [5.41, 5.74) is 1.77. The van der Waals surface area contributed by atoms with Gasteiger partial charge in [-0.05, 0) is 55.2 Å². The number of ether oxygens (including phenoxy) is 2. The Bertz CT molecular complexity index is 1620. The van der Waals surface area contributed by atoms with Gasteiger partial charge in [-0.25, -0.2) is 8.42 Å². The maximum absolute atomic E-state index is 14.4. The number of hydrogen-bond donors (Lipinski definition) is 1. The maximum Gasteiger partial charge on any atom is 0.244 e. The van der Waals surface area contributed by atoms with Gasteiger partial charge in [0.2, 0.25) is 21.8 Å². The Morgan fingerprint density at radius 2 is 1.62 bits per heavy atom. The van der Waals surface area contributed by atoms with Gasteiger partial charge in [-0.2, -0.15) is 0 Å². The van der Waals surface area contributed by atoms with Crippen molar-refractivity contribution in [1.29, 1.82) is 0 Å². The van der Waals surface area contributed by atoms with Crippen LogP contribution in [-0.2, 0) is 32.6 Å². The number of carbonyl (C=O) groups excluding carboxylic acids is 2. The molecule has 0 spiro atoms. The molecule has 2 aliphatic rings. The summed E-state index contributed by atoms with van der Waals surface area (Å²) in [5, 5.41) is 3.83. The summed E-state index contributed by atoms with van der Waals surface area (Å²) >= 11 is 12.5. The molecule has 1 aliphatic carbocycles. The van der Waals surface area contributed by atoms with Crippen molar-refractivity contribution < 1.29 is 27.5 Å². The van der Waals surface area contributed by atoms with Gasteiger partial charge in [-0.3, -0.25) is 13.9 Å². The molecule has 1 aliphatic heterocycles. The average Bonchev–Trinajstić information content (AvgIpc) is 3.56. The van der Waals surface area contributed by atoms with Crippen LogP contribution in [0.5, 0.6) is 11.5 Å². The highest BCUT2D eigenvalue weighted by Gasteiger charge is 2.35. The molecule has 0 radical (unpaired) electrons. The molecule has 3 aromatic rings. The zero-order valence-corrected chi connectivity index (χ0v) is 27.4. The van der Waals surface area contributed by atoms with Crippen molar-refractivity contribution in [3.05, 3.63) is 87.9 Å². The van der Waals surface area contributed by atoms with Crippen molar-refractivity contribution in [3.63, 3.8) is 0 Å². The first-order valence-electron chi connectivity index (χ1n) is 15.1. The number of carbonyl (C=O) groups is 2. The lowest BCUT2D eigenvalue weighted by Crippen LogP contribution is -2.54. The molecule has 0 saturated heterocycles. The summed E-state index contributed by atoms with van der Waals surface area (Å²) in [6, 6.07) is 18.4. The molecule has 45 heavy (non-hydrogen) atoms. The van der Waals surface area contributed by atoms with Gasteiger partial charge in [0.05, 0.1) is 21.5 Å². The average molecular weight is 675 g/mol. The highest BCUT2D eigenvalue weighted by atomic mass is 35.5. The minimum Gasteiger partial charge on any atom is -0.486 e. The third kappa shape index (κ3) is 8.23. The number of fused-ring (bicyclic) bond motifs is 1. The molecule has 2 amide bonds. The van der Waals surface area contributed by atoms with E-state index in [1.807, 2.05) is 30.3 Å². The van der Waals surface area contributed by atoms with Gasteiger partial charge in [0.1, 0.15) is 25.8 Å². The Labute approximate surface area is 274 Å². The van der Waals surface area contributed by atoms with Crippen LogP contribution in [0.25, 0.3) is 0 Å². The van der Waals surface area contributed by atoms with Crippen molar-refractivity contribution >= 4 is 50.7 Å². The highest BCUT2D eigenvalue weighted by molar-refractivity contribution is 7.92. The van der Waals surface area contributed by atoms with Crippen LogP contribution < -0.4 is 19.1 Å². The third-order valence-electron chi connectivity index (χ3n) is 8.10. The van der Waals surface area contributed by atoms with Gasteiger partial charge in [0.25, 0.3) is 0 Å². The highest BCUT2D eigenvalue weighted by Crippen LogP contribution is 2.35. The van der Waals surface area contributed by atoms with Crippen LogP contribution >= 0.6 is 23.2 Å². The van der Waals surface area contributed by atoms with Gasteiger partial charge < -0.3 is 19.7 Å². The van der Waals surface area contributed by atoms with E-state index >= 15 is 0 Å². The number of benzene rings is 3. The lowest BCUT2D eigenvalue weighted by molar-refractivity contribution is -0.140. The molecule has 1 fully saturated rings. The number of sulfonamides is 1. The van der Waals surface area contributed by atoms with Gasteiger partial charge in [0.15, 0.2) is 11.5 Å². The number of rotatable bonds is 12. The fourth-order valence-corrected chi connectivity index (χ4v) is 7.04. The summed E-state index contributed by atoms with van der Waals surface area (Å²) in [6.07, 6.45) is 4.03. The standard InChI is InChI=1S/C33H37Cl2N3O6S/c1-2-45(41,42)38(26-13-15-30-31(20-26)44-17-16-43-30)22-32(39)37(21-24-12-14-27(34)28(35)18-24)29(19-23-8-4-3-5-9-23)33(40)36-25-10-6-7-11-25/h3-5,8-9,12-15,18,20,25,29H,2,6-7,10-11,16-17,19,21-22H2,1H3,(H,36,40)/t29-/m1/s1. The molecule has 1 saturated carbocycles. The van der Waals surface area contributed by atoms with Crippen LogP contribution in [0.4, 0.5) is 5.69 Å². The van der Waals surface area contributed by atoms with Gasteiger partial charge in [-0.1, -0.05) is 72.4 Å². The van der Waals surface area contributed by atoms with Crippen molar-refractivity contribution in [1.82, 2.24) is 10.2 Å². The molecule has 240 valence electrons. The normalized spacial score (nSPS) is 15.4. The number of nitrogens with one attached hydrogen (secondary N) is 1. The first kappa shape index (κ1) is 32.9. The van der Waals surface area contributed by atoms with E-state index in [9.17, 15) is 18.0 Å². The second kappa shape index (κ2) is 14.7. The van der Waals surface area contributed by atoms with E-state index in [1.54, 1.807) is 36.4 Å². The molecule has 5 rings (SSSR count). The van der Waals surface area contributed by atoms with E-state index in [1.165, 1.54) is 11.8 Å². The lowest BCUT2D eigenvalue weighted by Gasteiger charge is -2.34. The van der Waals surface area contributed by atoms with E-state index in [-0.39, 0.29) is 36.4 Å². The summed E-state index contributed by atoms with van der Waals surface area (Å²) in [4.78, 5) is 29.9. The molecule has 3 aromatic carbocycles. The van der Waals surface area contributed by atoms with E-state index in [4.69, 9.17) is 32.7 Å². The Morgan fingerprint density at radius 3 is 2.31 bits per heavy atom. The first-order chi connectivity index (χ1) is 21.6. The smallest absolute Gasteiger partial charge is 0.244 e. The zero-order valence-electron chi connectivity index (χ0n) is 25.1. The summed E-state index contributed by atoms with van der Waals surface area (Å²) in [5.74, 6) is -0.179. The van der Waals surface area contributed by atoms with Crippen LogP contribution in [0.3, 0.4) is 0 Å². The molecule has 0 bridgehead atoms. The maximum atomic E-state index is 14.4. The summed E-state index contributed by atoms with van der Waals surface area (Å²) in [6.45, 7) is 1.71. The number of nitrogens with zero attached hydrogens (tertiary/aromatic N) is 2. The molecule has 0 unspecified atom stereocenters. The van der Waals surface area contributed by atoms with Crippen LogP contribution in [0, 0.1) is 0 Å². The van der Waals surface area contributed by atoms with Crippen LogP contribution in [-0.4, -0.2) is 62.7 Å². The Kier molecular flexibility index (Phi) is 10.8. The molecule has 1 heterocycles. The first-order valence-corrected chi connectivity index (χ1v) is 17.5. The van der Waals surface area contributed by atoms with Gasteiger partial charge in [-0.15, -0.1) is 0 Å². The molecular weight excluding hydrogens is 637 g/mol. The largest absolute Gasteiger partial charge is 0.486 e. The molecule has 1 atom stereocenters. The summed E-state index contributed by atoms with van der Waals surface area (Å²) in [7, 11) is -3.93. The molecular formula is C33H37Cl2N3O6S. The van der Waals surface area contributed by atoms with Crippen molar-refractivity contribution in [2.75, 3.05) is 29.8 Å². The third-order valence-corrected chi connectivity index (χ3v) is 10.6. The topological polar surface area (TPSA) is 105 Å². The van der Waals surface area contributed by atoms with Crippen LogP contribution in [0.15, 0.2) is 66.7 Å². The number of hydrogen-bond acceptors (Lipinski definition) is 6. The fourth-order valence-electron chi connectivity index (χ4n) is 5.66. The van der Waals surface area contributed by atoms with Crippen LogP contribution in [0.1, 0.15) is 43.7 Å². The number of anilines is 1. The molecule has 12 heteroatoms. The Balaban J connectivity index is 1.53.